The van der Waals surface area contributed by atoms with Crippen LogP contribution in [0.4, 0.5) is 62.6 Å². The Hall–Kier alpha value is -10.2. The van der Waals surface area contributed by atoms with Crippen LogP contribution in [0.25, 0.3) is 43.8 Å². The van der Waals surface area contributed by atoms with Crippen LogP contribution in [0.1, 0.15) is 71.6 Å². The molecule has 0 heterocycles. The molecule has 432 valence electrons. The number of hydrogen-bond acceptors (Lipinski definition) is 4. The van der Waals surface area contributed by atoms with Crippen LogP contribution in [0.3, 0.4) is 0 Å². The van der Waals surface area contributed by atoms with Crippen LogP contribution in [-0.2, 0) is 10.8 Å². The molecule has 0 spiro atoms. The van der Waals surface area contributed by atoms with E-state index in [2.05, 4.69) is 372 Å². The molecule has 4 heteroatoms. The van der Waals surface area contributed by atoms with Gasteiger partial charge < -0.3 is 19.6 Å². The van der Waals surface area contributed by atoms with Crippen molar-refractivity contribution in [1.29, 1.82) is 0 Å². The molecule has 88 heavy (non-hydrogen) atoms. The SMILES string of the molecule is Cc1ccc(N(c2ccc(C(C)(C)C)cc2)c2c3ccc(-c4ccc(N(c5ccccc5)c5ccccc5)cc4)cc3c(N(C3=CCC(C)C=C3)c3ccc(C(C)(C)C)cc3)c3cc(-c4ccc(N(c5ccccc5)c5ccccc5)cc4)ccc23)cc1. The minimum Gasteiger partial charge on any atom is -0.311 e. The topological polar surface area (TPSA) is 13.0 Å². The highest BCUT2D eigenvalue weighted by Gasteiger charge is 2.29. The maximum Gasteiger partial charge on any atom is 0.0620 e. The fraction of sp³-hybridized carbons (Fsp3) is 0.143. The van der Waals surface area contributed by atoms with Crippen molar-refractivity contribution < 1.29 is 0 Å². The summed E-state index contributed by atoms with van der Waals surface area (Å²) < 4.78 is 0. The van der Waals surface area contributed by atoms with Gasteiger partial charge in [0.1, 0.15) is 0 Å². The first-order valence-electron chi connectivity index (χ1n) is 31.0. The fourth-order valence-corrected chi connectivity index (χ4v) is 12.4. The number of para-hydroxylation sites is 4. The summed E-state index contributed by atoms with van der Waals surface area (Å²) in [7, 11) is 0. The van der Waals surface area contributed by atoms with E-state index in [0.29, 0.717) is 5.92 Å². The Morgan fingerprint density at radius 2 is 0.614 bits per heavy atom. The summed E-state index contributed by atoms with van der Waals surface area (Å²) in [5, 5.41) is 4.58. The molecule has 0 bridgehead atoms. The van der Waals surface area contributed by atoms with Crippen molar-refractivity contribution in [1.82, 2.24) is 0 Å². The molecule has 1 unspecified atom stereocenters. The van der Waals surface area contributed by atoms with Gasteiger partial charge in [0, 0.05) is 78.4 Å². The highest BCUT2D eigenvalue weighted by molar-refractivity contribution is 6.24. The molecule has 0 aliphatic heterocycles. The van der Waals surface area contributed by atoms with E-state index in [1.807, 2.05) is 0 Å². The normalized spacial score (nSPS) is 13.3. The van der Waals surface area contributed by atoms with E-state index in [1.165, 1.54) is 16.7 Å². The van der Waals surface area contributed by atoms with Gasteiger partial charge in [0.25, 0.3) is 0 Å². The Bertz CT molecular complexity index is 4180. The van der Waals surface area contributed by atoms with Gasteiger partial charge in [0.05, 0.1) is 11.4 Å². The third-order valence-electron chi connectivity index (χ3n) is 17.3. The average Bonchev–Trinajstić information content (AvgIpc) is 0.750. The van der Waals surface area contributed by atoms with E-state index < -0.39 is 0 Å². The molecule has 12 aromatic rings. The number of benzene rings is 12. The van der Waals surface area contributed by atoms with Crippen LogP contribution in [0.5, 0.6) is 0 Å². The van der Waals surface area contributed by atoms with E-state index in [4.69, 9.17) is 0 Å². The summed E-state index contributed by atoms with van der Waals surface area (Å²) in [5.41, 5.74) is 21.6. The number of aryl methyl sites for hydroxylation is 1. The average molecular weight is 1140 g/mol. The molecule has 0 saturated carbocycles. The summed E-state index contributed by atoms with van der Waals surface area (Å²) in [6.45, 7) is 18.3. The van der Waals surface area contributed by atoms with Crippen LogP contribution in [-0.4, -0.2) is 0 Å². The van der Waals surface area contributed by atoms with E-state index in [0.717, 1.165) is 118 Å². The summed E-state index contributed by atoms with van der Waals surface area (Å²) in [4.78, 5) is 9.73. The standard InChI is InChI=1S/C84H76N4/c1-59-29-43-73(44-30-59)87(75-51-39-65(40-52-75)83(3,4)5)81-77-55-37-63(61-33-47-71(48-34-61)85(67-21-13-9-14-22-67)68-23-15-10-16-24-68)57-79(77)82(88(74-45-31-60(2)32-46-74)76-53-41-66(42-54-76)84(6,7)8)80-58-64(38-56-78(80)81)62-35-49-72(50-36-62)86(69-25-17-11-18-26-69)70-27-19-12-20-28-70/h9-31,33-58,60H,32H2,1-8H3. The molecule has 12 aromatic carbocycles. The Morgan fingerprint density at radius 1 is 0.307 bits per heavy atom. The van der Waals surface area contributed by atoms with Crippen molar-refractivity contribution in [2.24, 2.45) is 5.92 Å². The molecule has 0 aromatic heterocycles. The number of nitrogens with zero attached hydrogens (tertiary/aromatic N) is 4. The van der Waals surface area contributed by atoms with Crippen LogP contribution >= 0.6 is 0 Å². The van der Waals surface area contributed by atoms with Gasteiger partial charge in [-0.1, -0.05) is 224 Å². The van der Waals surface area contributed by atoms with Crippen LogP contribution in [0.2, 0.25) is 0 Å². The van der Waals surface area contributed by atoms with E-state index in [-0.39, 0.29) is 10.8 Å². The second-order valence-electron chi connectivity index (χ2n) is 25.6. The van der Waals surface area contributed by atoms with E-state index in [9.17, 15) is 0 Å². The zero-order chi connectivity index (χ0) is 60.5. The zero-order valence-electron chi connectivity index (χ0n) is 51.9. The number of anilines is 11. The zero-order valence-corrected chi connectivity index (χ0v) is 51.9. The summed E-state index contributed by atoms with van der Waals surface area (Å²) in [6, 6.07) is 103. The molecule has 1 atom stereocenters. The monoisotopic (exact) mass is 1140 g/mol. The van der Waals surface area contributed by atoms with Crippen LogP contribution in [0, 0.1) is 12.8 Å². The molecule has 13 rings (SSSR count). The first-order chi connectivity index (χ1) is 42.7. The van der Waals surface area contributed by atoms with E-state index in [1.54, 1.807) is 0 Å². The molecular formula is C84H76N4. The first-order valence-corrected chi connectivity index (χ1v) is 31.0. The van der Waals surface area contributed by atoms with Gasteiger partial charge in [0.2, 0.25) is 0 Å². The maximum absolute atomic E-state index is 2.56. The van der Waals surface area contributed by atoms with Crippen molar-refractivity contribution >= 4 is 84.1 Å². The molecule has 1 aliphatic carbocycles. The van der Waals surface area contributed by atoms with Gasteiger partial charge >= 0.3 is 0 Å². The highest BCUT2D eigenvalue weighted by Crippen LogP contribution is 2.53. The predicted molar refractivity (Wildman–Crippen MR) is 378 cm³/mol. The third kappa shape index (κ3) is 11.5. The highest BCUT2D eigenvalue weighted by atomic mass is 15.2. The number of rotatable bonds is 14. The Kier molecular flexibility index (Phi) is 15.5. The Labute approximate surface area is 521 Å². The van der Waals surface area contributed by atoms with Crippen molar-refractivity contribution in [2.75, 3.05) is 19.6 Å². The van der Waals surface area contributed by atoms with Gasteiger partial charge in [-0.15, -0.1) is 0 Å². The molecule has 4 nitrogen and oxygen atoms in total. The number of fused-ring (bicyclic) bond motifs is 2. The summed E-state index contributed by atoms with van der Waals surface area (Å²) >= 11 is 0. The van der Waals surface area contributed by atoms with Gasteiger partial charge in [-0.05, 0) is 191 Å². The largest absolute Gasteiger partial charge is 0.311 e. The van der Waals surface area contributed by atoms with Crippen molar-refractivity contribution in [3.05, 3.63) is 320 Å². The molecular weight excluding hydrogens is 1060 g/mol. The van der Waals surface area contributed by atoms with Gasteiger partial charge in [0.15, 0.2) is 0 Å². The minimum absolute atomic E-state index is 0.0190. The van der Waals surface area contributed by atoms with Crippen molar-refractivity contribution in [3.63, 3.8) is 0 Å². The lowest BCUT2D eigenvalue weighted by Gasteiger charge is -2.34. The minimum atomic E-state index is -0.0261. The molecule has 0 radical (unpaired) electrons. The smallest absolute Gasteiger partial charge is 0.0620 e. The maximum atomic E-state index is 2.56. The van der Waals surface area contributed by atoms with Crippen molar-refractivity contribution in [2.45, 2.75) is 72.6 Å². The number of hydrogen-bond donors (Lipinski definition) is 0. The van der Waals surface area contributed by atoms with Gasteiger partial charge in [-0.2, -0.15) is 0 Å². The molecule has 1 aliphatic rings. The second kappa shape index (κ2) is 24.0. The molecule has 0 N–H and O–H groups in total. The predicted octanol–water partition coefficient (Wildman–Crippen LogP) is 24.3. The summed E-state index contributed by atoms with van der Waals surface area (Å²) in [5.74, 6) is 0.418. The van der Waals surface area contributed by atoms with Gasteiger partial charge in [-0.25, -0.2) is 0 Å². The lowest BCUT2D eigenvalue weighted by molar-refractivity contribution is 0.590. The molecule has 0 fully saturated rings. The molecule has 0 amide bonds. The fourth-order valence-electron chi connectivity index (χ4n) is 12.4. The quantitative estimate of drug-likeness (QED) is 0.0795. The number of allylic oxidation sites excluding steroid dienone is 3. The van der Waals surface area contributed by atoms with E-state index >= 15 is 0 Å². The van der Waals surface area contributed by atoms with Crippen LogP contribution in [0.15, 0.2) is 303 Å². The summed E-state index contributed by atoms with van der Waals surface area (Å²) in [6.07, 6.45) is 8.12. The first kappa shape index (κ1) is 56.9. The second-order valence-corrected chi connectivity index (χ2v) is 25.6. The third-order valence-corrected chi connectivity index (χ3v) is 17.3. The molecule has 0 saturated heterocycles. The van der Waals surface area contributed by atoms with Crippen LogP contribution < -0.4 is 19.6 Å². The lowest BCUT2D eigenvalue weighted by atomic mass is 9.86. The Balaban J connectivity index is 1.10. The Morgan fingerprint density at radius 3 is 0.966 bits per heavy atom. The van der Waals surface area contributed by atoms with Gasteiger partial charge in [-0.3, -0.25) is 0 Å². The lowest BCUT2D eigenvalue weighted by Crippen LogP contribution is -2.19. The van der Waals surface area contributed by atoms with Crippen molar-refractivity contribution in [3.8, 4) is 22.3 Å².